The third kappa shape index (κ3) is 2.36. The van der Waals surface area contributed by atoms with Gasteiger partial charge >= 0.3 is 5.97 Å². The minimum Gasteiger partial charge on any atom is -0.492 e. The Labute approximate surface area is 98.8 Å². The molecule has 4 nitrogen and oxygen atoms in total. The molecule has 0 N–H and O–H groups in total. The Morgan fingerprint density at radius 3 is 3.06 bits per heavy atom. The van der Waals surface area contributed by atoms with Crippen molar-refractivity contribution in [2.45, 2.75) is 6.42 Å². The molecule has 0 atom stereocenters. The summed E-state index contributed by atoms with van der Waals surface area (Å²) in [5.74, 6) is 0.174. The highest BCUT2D eigenvalue weighted by atomic mass is 16.5. The molecule has 0 bridgehead atoms. The molecule has 17 heavy (non-hydrogen) atoms. The Morgan fingerprint density at radius 1 is 1.47 bits per heavy atom. The summed E-state index contributed by atoms with van der Waals surface area (Å²) in [5, 5.41) is 0. The number of ether oxygens (including phenoxy) is 2. The smallest absolute Gasteiger partial charge is 0.330 e. The molecule has 1 aromatic rings. The van der Waals surface area contributed by atoms with Gasteiger partial charge in [0.1, 0.15) is 5.75 Å². The van der Waals surface area contributed by atoms with E-state index < -0.39 is 5.97 Å². The lowest BCUT2D eigenvalue weighted by atomic mass is 10.0. The normalized spacial score (nSPS) is 14.3. The number of Topliss-reactive ketones (excluding diaryl/α,β-unsaturated/α-hetero) is 1. The van der Waals surface area contributed by atoms with E-state index in [4.69, 9.17) is 4.74 Å². The molecule has 88 valence electrons. The maximum atomic E-state index is 11.6. The summed E-state index contributed by atoms with van der Waals surface area (Å²) >= 11 is 0. The summed E-state index contributed by atoms with van der Waals surface area (Å²) in [6, 6.07) is 5.28. The molecule has 0 aliphatic carbocycles. The number of carbonyl (C=O) groups is 2. The topological polar surface area (TPSA) is 52.6 Å². The van der Waals surface area contributed by atoms with Crippen molar-refractivity contribution in [1.82, 2.24) is 0 Å². The molecule has 0 spiro atoms. The first-order chi connectivity index (χ1) is 8.22. The van der Waals surface area contributed by atoms with Gasteiger partial charge in [-0.25, -0.2) is 4.79 Å². The summed E-state index contributed by atoms with van der Waals surface area (Å²) in [5.41, 5.74) is 1.28. The average Bonchev–Trinajstić information content (AvgIpc) is 2.36. The fourth-order valence-corrected chi connectivity index (χ4v) is 1.67. The lowest BCUT2D eigenvalue weighted by molar-refractivity contribution is -0.134. The van der Waals surface area contributed by atoms with Gasteiger partial charge in [-0.15, -0.1) is 0 Å². The number of hydrogen-bond acceptors (Lipinski definition) is 4. The summed E-state index contributed by atoms with van der Waals surface area (Å²) in [6.07, 6.45) is 3.29. The van der Waals surface area contributed by atoms with E-state index in [1.165, 1.54) is 13.2 Å². The van der Waals surface area contributed by atoms with Crippen LogP contribution < -0.4 is 4.74 Å². The molecule has 0 saturated carbocycles. The number of esters is 1. The number of fused-ring (bicyclic) bond motifs is 1. The zero-order valence-corrected chi connectivity index (χ0v) is 9.43. The van der Waals surface area contributed by atoms with Crippen molar-refractivity contribution in [3.8, 4) is 5.75 Å². The lowest BCUT2D eigenvalue weighted by Crippen LogP contribution is -2.15. The number of ketones is 1. The summed E-state index contributed by atoms with van der Waals surface area (Å²) in [4.78, 5) is 22.6. The largest absolute Gasteiger partial charge is 0.492 e. The van der Waals surface area contributed by atoms with Crippen LogP contribution in [0, 0.1) is 0 Å². The molecule has 1 aliphatic heterocycles. The third-order valence-electron chi connectivity index (χ3n) is 2.52. The fraction of sp³-hybridized carbons (Fsp3) is 0.231. The molecule has 0 amide bonds. The van der Waals surface area contributed by atoms with Crippen molar-refractivity contribution in [2.75, 3.05) is 13.7 Å². The zero-order chi connectivity index (χ0) is 12.3. The number of benzene rings is 1. The maximum absolute atomic E-state index is 11.6. The second-order valence-corrected chi connectivity index (χ2v) is 3.60. The van der Waals surface area contributed by atoms with Crippen LogP contribution in [0.15, 0.2) is 24.3 Å². The van der Waals surface area contributed by atoms with Gasteiger partial charge in [-0.2, -0.15) is 0 Å². The highest BCUT2D eigenvalue weighted by Crippen LogP contribution is 2.29. The average molecular weight is 232 g/mol. The van der Waals surface area contributed by atoms with Gasteiger partial charge < -0.3 is 9.47 Å². The Bertz CT molecular complexity index is 488. The highest BCUT2D eigenvalue weighted by Gasteiger charge is 2.19. The number of carbonyl (C=O) groups excluding carboxylic acids is 2. The third-order valence-corrected chi connectivity index (χ3v) is 2.52. The maximum Gasteiger partial charge on any atom is 0.330 e. The molecular weight excluding hydrogens is 220 g/mol. The SMILES string of the molecule is COC(=O)/C=C/c1cccc2c1OCCC2=O. The van der Waals surface area contributed by atoms with E-state index >= 15 is 0 Å². The summed E-state index contributed by atoms with van der Waals surface area (Å²) in [7, 11) is 1.31. The Morgan fingerprint density at radius 2 is 2.29 bits per heavy atom. The zero-order valence-electron chi connectivity index (χ0n) is 9.43. The predicted molar refractivity (Wildman–Crippen MR) is 61.9 cm³/mol. The fourth-order valence-electron chi connectivity index (χ4n) is 1.67. The van der Waals surface area contributed by atoms with Gasteiger partial charge in [0.15, 0.2) is 5.78 Å². The van der Waals surface area contributed by atoms with E-state index in [1.54, 1.807) is 24.3 Å². The minimum absolute atomic E-state index is 0.0690. The predicted octanol–water partition coefficient (Wildman–Crippen LogP) is 1.84. The molecule has 0 fully saturated rings. The first kappa shape index (κ1) is 11.4. The van der Waals surface area contributed by atoms with Gasteiger partial charge in [0.2, 0.25) is 0 Å². The number of methoxy groups -OCH3 is 1. The lowest BCUT2D eigenvalue weighted by Gasteiger charge is -2.17. The van der Waals surface area contributed by atoms with Crippen LogP contribution in [-0.2, 0) is 9.53 Å². The summed E-state index contributed by atoms with van der Waals surface area (Å²) in [6.45, 7) is 0.384. The van der Waals surface area contributed by atoms with E-state index in [0.29, 0.717) is 29.9 Å². The molecule has 0 unspecified atom stereocenters. The Kier molecular flexibility index (Phi) is 3.23. The van der Waals surface area contributed by atoms with Gasteiger partial charge in [-0.3, -0.25) is 4.79 Å². The van der Waals surface area contributed by atoms with Crippen LogP contribution >= 0.6 is 0 Å². The van der Waals surface area contributed by atoms with Crippen molar-refractivity contribution in [2.24, 2.45) is 0 Å². The highest BCUT2D eigenvalue weighted by molar-refractivity contribution is 6.01. The Hall–Kier alpha value is -2.10. The molecule has 2 rings (SSSR count). The molecule has 0 saturated heterocycles. The van der Waals surface area contributed by atoms with Crippen LogP contribution in [0.5, 0.6) is 5.75 Å². The molecule has 1 aliphatic rings. The molecule has 0 aromatic heterocycles. The van der Waals surface area contributed by atoms with Gasteiger partial charge in [0, 0.05) is 18.1 Å². The van der Waals surface area contributed by atoms with Gasteiger partial charge in [0.05, 0.1) is 19.3 Å². The number of hydrogen-bond donors (Lipinski definition) is 0. The molecule has 4 heteroatoms. The van der Waals surface area contributed by atoms with Crippen LogP contribution in [0.3, 0.4) is 0 Å². The monoisotopic (exact) mass is 232 g/mol. The molecule has 1 aromatic carbocycles. The van der Waals surface area contributed by atoms with E-state index in [1.807, 2.05) is 0 Å². The second-order valence-electron chi connectivity index (χ2n) is 3.60. The van der Waals surface area contributed by atoms with Crippen molar-refractivity contribution in [3.63, 3.8) is 0 Å². The van der Waals surface area contributed by atoms with Crippen LogP contribution in [0.25, 0.3) is 6.08 Å². The van der Waals surface area contributed by atoms with Gasteiger partial charge in [-0.1, -0.05) is 12.1 Å². The van der Waals surface area contributed by atoms with Gasteiger partial charge in [0.25, 0.3) is 0 Å². The minimum atomic E-state index is -0.440. The van der Waals surface area contributed by atoms with E-state index in [9.17, 15) is 9.59 Å². The molecule has 0 radical (unpaired) electrons. The van der Waals surface area contributed by atoms with E-state index in [0.717, 1.165) is 0 Å². The quantitative estimate of drug-likeness (QED) is 0.576. The first-order valence-corrected chi connectivity index (χ1v) is 5.27. The second kappa shape index (κ2) is 4.82. The summed E-state index contributed by atoms with van der Waals surface area (Å²) < 4.78 is 9.97. The van der Waals surface area contributed by atoms with E-state index in [2.05, 4.69) is 4.74 Å². The van der Waals surface area contributed by atoms with Crippen molar-refractivity contribution < 1.29 is 19.1 Å². The van der Waals surface area contributed by atoms with Crippen LogP contribution in [0.4, 0.5) is 0 Å². The van der Waals surface area contributed by atoms with Crippen molar-refractivity contribution >= 4 is 17.8 Å². The van der Waals surface area contributed by atoms with Crippen LogP contribution in [-0.4, -0.2) is 25.5 Å². The van der Waals surface area contributed by atoms with Gasteiger partial charge in [-0.05, 0) is 12.1 Å². The molecular formula is C13H12O4. The number of para-hydroxylation sites is 1. The van der Waals surface area contributed by atoms with Crippen molar-refractivity contribution in [3.05, 3.63) is 35.4 Å². The van der Waals surface area contributed by atoms with Crippen molar-refractivity contribution in [1.29, 1.82) is 0 Å². The molecule has 1 heterocycles. The van der Waals surface area contributed by atoms with Crippen LogP contribution in [0.1, 0.15) is 22.3 Å². The first-order valence-electron chi connectivity index (χ1n) is 5.27. The van der Waals surface area contributed by atoms with E-state index in [-0.39, 0.29) is 5.78 Å². The Balaban J connectivity index is 2.36. The standard InChI is InChI=1S/C13H12O4/c1-16-12(15)6-5-9-3-2-4-10-11(14)7-8-17-13(9)10/h2-6H,7-8H2,1H3/b6-5+. The van der Waals surface area contributed by atoms with Crippen LogP contribution in [0.2, 0.25) is 0 Å². The number of rotatable bonds is 2.